The first-order chi connectivity index (χ1) is 17.3. The first-order valence-corrected chi connectivity index (χ1v) is 18.3. The molecule has 4 rings (SSSR count). The number of rotatable bonds is 6. The van der Waals surface area contributed by atoms with Crippen molar-refractivity contribution in [3.05, 3.63) is 26.1 Å². The van der Waals surface area contributed by atoms with Gasteiger partial charge in [0.1, 0.15) is 10.5 Å². The molecule has 12 heteroatoms. The maximum Gasteiger partial charge on any atom is 0.407 e. The van der Waals surface area contributed by atoms with E-state index in [1.54, 1.807) is 11.1 Å². The van der Waals surface area contributed by atoms with Crippen LogP contribution in [0.1, 0.15) is 46.1 Å². The van der Waals surface area contributed by atoms with Gasteiger partial charge in [-0.2, -0.15) is 5.10 Å². The van der Waals surface area contributed by atoms with Gasteiger partial charge in [-0.25, -0.2) is 14.2 Å². The second kappa shape index (κ2) is 10.9. The molecule has 3 heterocycles. The van der Waals surface area contributed by atoms with Crippen LogP contribution in [-0.2, 0) is 4.43 Å². The average Bonchev–Trinajstić information content (AvgIpc) is 3.27. The van der Waals surface area contributed by atoms with Crippen molar-refractivity contribution < 1.29 is 18.7 Å². The normalized spacial score (nSPS) is 19.2. The molecule has 1 amide bonds. The first-order valence-electron chi connectivity index (χ1n) is 12.3. The summed E-state index contributed by atoms with van der Waals surface area (Å²) < 4.78 is 24.8. The first kappa shape index (κ1) is 29.0. The number of pyridine rings is 1. The Kier molecular flexibility index (Phi) is 8.55. The van der Waals surface area contributed by atoms with Gasteiger partial charge in [0.2, 0.25) is 0 Å². The number of thioether (sulfide) groups is 1. The lowest BCUT2D eigenvalue weighted by molar-refractivity contribution is 0.0790. The highest BCUT2D eigenvalue weighted by molar-refractivity contribution is 14.1. The number of piperidine rings is 1. The molecule has 0 radical (unpaired) electrons. The average molecular weight is 724 g/mol. The summed E-state index contributed by atoms with van der Waals surface area (Å²) in [4.78, 5) is 18.2. The zero-order valence-electron chi connectivity index (χ0n) is 21.9. The SMILES string of the molecule is CSc1nc2c(F)c(Br)c(I)cc2c2c1cnn2[C@H]1CCN(C(=O)O)[C@H](CCO[Si](C)(C)C(C)(C)C)C1. The van der Waals surface area contributed by atoms with Gasteiger partial charge in [-0.3, -0.25) is 4.68 Å². The van der Waals surface area contributed by atoms with Crippen molar-refractivity contribution >= 4 is 86.5 Å². The van der Waals surface area contributed by atoms with E-state index in [0.717, 1.165) is 19.5 Å². The molecule has 1 saturated heterocycles. The van der Waals surface area contributed by atoms with E-state index in [-0.39, 0.29) is 22.9 Å². The molecule has 0 aliphatic carbocycles. The number of carbonyl (C=O) groups is 1. The van der Waals surface area contributed by atoms with Crippen molar-refractivity contribution in [2.24, 2.45) is 0 Å². The van der Waals surface area contributed by atoms with E-state index in [0.29, 0.717) is 47.8 Å². The van der Waals surface area contributed by atoms with Gasteiger partial charge < -0.3 is 14.4 Å². The van der Waals surface area contributed by atoms with Crippen LogP contribution in [0.2, 0.25) is 18.1 Å². The second-order valence-electron chi connectivity index (χ2n) is 11.1. The van der Waals surface area contributed by atoms with Crippen LogP contribution in [0.5, 0.6) is 0 Å². The topological polar surface area (TPSA) is 80.5 Å². The zero-order valence-corrected chi connectivity index (χ0v) is 27.5. The van der Waals surface area contributed by atoms with Gasteiger partial charge in [-0.15, -0.1) is 11.8 Å². The maximum atomic E-state index is 15.3. The Balaban J connectivity index is 1.70. The Morgan fingerprint density at radius 1 is 1.38 bits per heavy atom. The van der Waals surface area contributed by atoms with Crippen molar-refractivity contribution in [2.45, 2.75) is 75.3 Å². The highest BCUT2D eigenvalue weighted by atomic mass is 127. The number of benzene rings is 1. The van der Waals surface area contributed by atoms with Crippen molar-refractivity contribution in [1.29, 1.82) is 0 Å². The van der Waals surface area contributed by atoms with Crippen LogP contribution in [0.3, 0.4) is 0 Å². The lowest BCUT2D eigenvalue weighted by Gasteiger charge is -2.40. The second-order valence-corrected chi connectivity index (χ2v) is 18.6. The van der Waals surface area contributed by atoms with Crippen molar-refractivity contribution in [3.63, 3.8) is 0 Å². The van der Waals surface area contributed by atoms with E-state index < -0.39 is 14.4 Å². The summed E-state index contributed by atoms with van der Waals surface area (Å²) in [5.41, 5.74) is 1.16. The lowest BCUT2D eigenvalue weighted by atomic mass is 9.95. The Labute approximate surface area is 244 Å². The summed E-state index contributed by atoms with van der Waals surface area (Å²) in [6.45, 7) is 12.0. The number of nitrogens with zero attached hydrogens (tertiary/aromatic N) is 4. The molecule has 0 bridgehead atoms. The van der Waals surface area contributed by atoms with Crippen molar-refractivity contribution in [3.8, 4) is 0 Å². The van der Waals surface area contributed by atoms with Crippen LogP contribution in [0.15, 0.2) is 21.8 Å². The van der Waals surface area contributed by atoms with E-state index in [9.17, 15) is 9.90 Å². The van der Waals surface area contributed by atoms with Gasteiger partial charge in [-0.05, 0) is 88.2 Å². The lowest BCUT2D eigenvalue weighted by Crippen LogP contribution is -2.47. The van der Waals surface area contributed by atoms with Gasteiger partial charge in [0.05, 0.1) is 27.6 Å². The number of amides is 1. The molecule has 0 spiro atoms. The van der Waals surface area contributed by atoms with E-state index in [2.05, 4.69) is 77.4 Å². The van der Waals surface area contributed by atoms with Gasteiger partial charge in [0.25, 0.3) is 0 Å². The fraction of sp³-hybridized carbons (Fsp3) is 0.560. The Hall–Kier alpha value is -0.963. The number of hydrogen-bond acceptors (Lipinski definition) is 5. The summed E-state index contributed by atoms with van der Waals surface area (Å²) in [7, 11) is -1.93. The molecule has 1 aromatic carbocycles. The predicted molar refractivity (Wildman–Crippen MR) is 162 cm³/mol. The molecule has 0 saturated carbocycles. The molecule has 2 atom stereocenters. The number of aromatic nitrogens is 3. The monoisotopic (exact) mass is 722 g/mol. The standard InChI is InChI=1S/C25H33BrFIN4O3SSi/c1-25(2,3)37(5,6)35-10-8-14-11-15(7-9-31(14)24(33)34)32-22-16-12-18(28)19(26)20(27)21(16)30-23(36-4)17(22)13-29-32/h12-15H,7-11H2,1-6H3,(H,33,34)/t14-,15+/m1/s1. The smallest absolute Gasteiger partial charge is 0.407 e. The summed E-state index contributed by atoms with van der Waals surface area (Å²) in [5.74, 6) is -0.381. The summed E-state index contributed by atoms with van der Waals surface area (Å²) in [6.07, 6.45) is 4.72. The van der Waals surface area contributed by atoms with Crippen LogP contribution in [-0.4, -0.2) is 64.6 Å². The number of likely N-dealkylation sites (tertiary alicyclic amines) is 1. The molecule has 1 N–H and O–H groups in total. The molecule has 2 aromatic heterocycles. The molecule has 1 aliphatic heterocycles. The Bertz CT molecular complexity index is 1350. The Morgan fingerprint density at radius 2 is 2.08 bits per heavy atom. The minimum atomic E-state index is -1.93. The summed E-state index contributed by atoms with van der Waals surface area (Å²) >= 11 is 6.94. The summed E-state index contributed by atoms with van der Waals surface area (Å²) in [5, 5.41) is 17.1. The quantitative estimate of drug-likeness (QED) is 0.121. The third kappa shape index (κ3) is 5.55. The van der Waals surface area contributed by atoms with Crippen LogP contribution in [0.4, 0.5) is 9.18 Å². The fourth-order valence-electron chi connectivity index (χ4n) is 4.70. The van der Waals surface area contributed by atoms with Gasteiger partial charge in [0, 0.05) is 28.1 Å². The van der Waals surface area contributed by atoms with Crippen LogP contribution >= 0.6 is 50.3 Å². The largest absolute Gasteiger partial charge is 0.465 e. The van der Waals surface area contributed by atoms with Gasteiger partial charge in [-0.1, -0.05) is 20.8 Å². The molecule has 202 valence electrons. The molecule has 7 nitrogen and oxygen atoms in total. The molecular weight excluding hydrogens is 690 g/mol. The minimum absolute atomic E-state index is 0.0179. The highest BCUT2D eigenvalue weighted by Crippen LogP contribution is 2.40. The third-order valence-corrected chi connectivity index (χ3v) is 15.4. The predicted octanol–water partition coefficient (Wildman–Crippen LogP) is 7.91. The number of halogens is 3. The number of fused-ring (bicyclic) bond motifs is 3. The molecule has 0 unspecified atom stereocenters. The minimum Gasteiger partial charge on any atom is -0.465 e. The van der Waals surface area contributed by atoms with Crippen LogP contribution in [0, 0.1) is 9.39 Å². The van der Waals surface area contributed by atoms with Gasteiger partial charge in [0.15, 0.2) is 14.1 Å². The summed E-state index contributed by atoms with van der Waals surface area (Å²) in [6, 6.07) is 1.74. The van der Waals surface area contributed by atoms with Crippen LogP contribution < -0.4 is 0 Å². The highest BCUT2D eigenvalue weighted by Gasteiger charge is 2.38. The van der Waals surface area contributed by atoms with Gasteiger partial charge >= 0.3 is 6.09 Å². The van der Waals surface area contributed by atoms with E-state index in [4.69, 9.17) is 9.52 Å². The van der Waals surface area contributed by atoms with E-state index in [1.807, 2.05) is 17.0 Å². The molecule has 37 heavy (non-hydrogen) atoms. The maximum absolute atomic E-state index is 15.3. The van der Waals surface area contributed by atoms with Crippen LogP contribution in [0.25, 0.3) is 21.8 Å². The zero-order chi connectivity index (χ0) is 27.3. The fourth-order valence-corrected chi connectivity index (χ4v) is 7.16. The molecule has 1 aliphatic rings. The molecular formula is C25H33BrFIN4O3SSi. The third-order valence-electron chi connectivity index (χ3n) is 7.82. The Morgan fingerprint density at radius 3 is 2.70 bits per heavy atom. The molecule has 1 fully saturated rings. The number of carboxylic acid groups (broad SMARTS) is 1. The van der Waals surface area contributed by atoms with E-state index >= 15 is 4.39 Å². The van der Waals surface area contributed by atoms with Crippen molar-refractivity contribution in [2.75, 3.05) is 19.4 Å². The van der Waals surface area contributed by atoms with Crippen molar-refractivity contribution in [1.82, 2.24) is 19.7 Å². The number of hydrogen-bond donors (Lipinski definition) is 1. The molecule has 3 aromatic rings. The van der Waals surface area contributed by atoms with E-state index in [1.165, 1.54) is 11.8 Å².